The molecule has 16 heavy (non-hydrogen) atoms. The lowest BCUT2D eigenvalue weighted by atomic mass is 9.94. The SMILES string of the molecule is CC(C#N)(Cc1ccc(Cl)cc1)NCCO. The zero-order chi connectivity index (χ0) is 12.0. The van der Waals surface area contributed by atoms with Crippen molar-refractivity contribution in [2.45, 2.75) is 18.9 Å². The molecule has 1 atom stereocenters. The molecule has 0 aliphatic heterocycles. The summed E-state index contributed by atoms with van der Waals surface area (Å²) in [5.74, 6) is 0. The fourth-order valence-electron chi connectivity index (χ4n) is 1.48. The Morgan fingerprint density at radius 1 is 1.44 bits per heavy atom. The highest BCUT2D eigenvalue weighted by molar-refractivity contribution is 6.30. The van der Waals surface area contributed by atoms with Crippen LogP contribution in [-0.4, -0.2) is 23.8 Å². The monoisotopic (exact) mass is 238 g/mol. The molecule has 0 aliphatic rings. The summed E-state index contributed by atoms with van der Waals surface area (Å²) in [6.45, 7) is 2.26. The van der Waals surface area contributed by atoms with Gasteiger partial charge >= 0.3 is 0 Å². The number of nitriles is 1. The fourth-order valence-corrected chi connectivity index (χ4v) is 1.61. The average Bonchev–Trinajstić information content (AvgIpc) is 2.30. The number of hydrogen-bond acceptors (Lipinski definition) is 3. The molecule has 1 unspecified atom stereocenters. The topological polar surface area (TPSA) is 56.0 Å². The number of β-amino-alcohol motifs (C(OH)–C–C–N with tert-alkyl or cyclic N) is 1. The molecule has 0 fully saturated rings. The van der Waals surface area contributed by atoms with E-state index in [2.05, 4.69) is 11.4 Å². The first-order valence-corrected chi connectivity index (χ1v) is 5.49. The van der Waals surface area contributed by atoms with Gasteiger partial charge in [0.1, 0.15) is 5.54 Å². The highest BCUT2D eigenvalue weighted by Gasteiger charge is 2.22. The molecule has 1 rings (SSSR count). The maximum absolute atomic E-state index is 9.11. The number of hydrogen-bond donors (Lipinski definition) is 2. The normalized spacial score (nSPS) is 14.1. The number of aliphatic hydroxyl groups is 1. The summed E-state index contributed by atoms with van der Waals surface area (Å²) < 4.78 is 0. The summed E-state index contributed by atoms with van der Waals surface area (Å²) >= 11 is 5.79. The van der Waals surface area contributed by atoms with Gasteiger partial charge in [-0.15, -0.1) is 0 Å². The first-order chi connectivity index (χ1) is 7.59. The van der Waals surface area contributed by atoms with Crippen LogP contribution in [0.25, 0.3) is 0 Å². The molecule has 0 heterocycles. The van der Waals surface area contributed by atoms with E-state index in [0.29, 0.717) is 18.0 Å². The van der Waals surface area contributed by atoms with Crippen molar-refractivity contribution in [2.24, 2.45) is 0 Å². The first kappa shape index (κ1) is 13.0. The number of benzene rings is 1. The van der Waals surface area contributed by atoms with Crippen molar-refractivity contribution >= 4 is 11.6 Å². The van der Waals surface area contributed by atoms with Crippen LogP contribution in [0, 0.1) is 11.3 Å². The minimum atomic E-state index is -0.656. The van der Waals surface area contributed by atoms with Crippen molar-refractivity contribution in [1.82, 2.24) is 5.32 Å². The smallest absolute Gasteiger partial charge is 0.108 e. The number of rotatable bonds is 5. The molecule has 0 amide bonds. The second-order valence-electron chi connectivity index (χ2n) is 3.90. The van der Waals surface area contributed by atoms with Crippen LogP contribution in [0.1, 0.15) is 12.5 Å². The Hall–Kier alpha value is -1.08. The minimum absolute atomic E-state index is 0.0257. The zero-order valence-corrected chi connectivity index (χ0v) is 9.96. The van der Waals surface area contributed by atoms with Gasteiger partial charge in [-0.3, -0.25) is 5.32 Å². The van der Waals surface area contributed by atoms with Gasteiger partial charge in [0, 0.05) is 18.0 Å². The highest BCUT2D eigenvalue weighted by Crippen LogP contribution is 2.15. The molecule has 2 N–H and O–H groups in total. The van der Waals surface area contributed by atoms with Crippen molar-refractivity contribution in [3.05, 3.63) is 34.9 Å². The van der Waals surface area contributed by atoms with E-state index in [1.807, 2.05) is 19.1 Å². The third kappa shape index (κ3) is 3.82. The molecule has 0 spiro atoms. The van der Waals surface area contributed by atoms with Crippen LogP contribution in [0.4, 0.5) is 0 Å². The fraction of sp³-hybridized carbons (Fsp3) is 0.417. The lowest BCUT2D eigenvalue weighted by Crippen LogP contribution is -2.44. The van der Waals surface area contributed by atoms with Crippen molar-refractivity contribution in [1.29, 1.82) is 5.26 Å². The molecule has 1 aromatic carbocycles. The molecule has 0 aromatic heterocycles. The maximum Gasteiger partial charge on any atom is 0.108 e. The van der Waals surface area contributed by atoms with Crippen LogP contribution in [0.5, 0.6) is 0 Å². The van der Waals surface area contributed by atoms with E-state index in [4.69, 9.17) is 22.0 Å². The summed E-state index contributed by atoms with van der Waals surface area (Å²) in [6, 6.07) is 9.64. The predicted molar refractivity (Wildman–Crippen MR) is 64.3 cm³/mol. The second kappa shape index (κ2) is 5.86. The molecule has 3 nitrogen and oxygen atoms in total. The van der Waals surface area contributed by atoms with Crippen LogP contribution in [0.3, 0.4) is 0 Å². The lowest BCUT2D eigenvalue weighted by molar-refractivity contribution is 0.275. The average molecular weight is 239 g/mol. The van der Waals surface area contributed by atoms with E-state index >= 15 is 0 Å². The Labute approximate surface area is 101 Å². The van der Waals surface area contributed by atoms with E-state index in [0.717, 1.165) is 5.56 Å². The van der Waals surface area contributed by atoms with Gasteiger partial charge in [-0.05, 0) is 24.6 Å². The highest BCUT2D eigenvalue weighted by atomic mass is 35.5. The third-order valence-corrected chi connectivity index (χ3v) is 2.60. The van der Waals surface area contributed by atoms with Crippen molar-refractivity contribution in [3.63, 3.8) is 0 Å². The van der Waals surface area contributed by atoms with Crippen molar-refractivity contribution in [2.75, 3.05) is 13.2 Å². The number of nitrogens with zero attached hydrogens (tertiary/aromatic N) is 1. The van der Waals surface area contributed by atoms with Gasteiger partial charge < -0.3 is 5.11 Å². The van der Waals surface area contributed by atoms with Gasteiger partial charge in [0.2, 0.25) is 0 Å². The van der Waals surface area contributed by atoms with Crippen LogP contribution in [-0.2, 0) is 6.42 Å². The molecule has 4 heteroatoms. The molecule has 0 radical (unpaired) electrons. The minimum Gasteiger partial charge on any atom is -0.395 e. The van der Waals surface area contributed by atoms with Crippen LogP contribution >= 0.6 is 11.6 Å². The summed E-state index contributed by atoms with van der Waals surface area (Å²) in [5.41, 5.74) is 0.384. The number of halogens is 1. The second-order valence-corrected chi connectivity index (χ2v) is 4.33. The van der Waals surface area contributed by atoms with Gasteiger partial charge in [-0.25, -0.2) is 0 Å². The Balaban J connectivity index is 2.69. The molecule has 0 bridgehead atoms. The van der Waals surface area contributed by atoms with Crippen molar-refractivity contribution in [3.8, 4) is 6.07 Å². The summed E-state index contributed by atoms with van der Waals surface area (Å²) in [5, 5.41) is 21.5. The quantitative estimate of drug-likeness (QED) is 0.822. The molecular weight excluding hydrogens is 224 g/mol. The van der Waals surface area contributed by atoms with E-state index < -0.39 is 5.54 Å². The van der Waals surface area contributed by atoms with Gasteiger partial charge in [0.15, 0.2) is 0 Å². The van der Waals surface area contributed by atoms with Crippen LogP contribution < -0.4 is 5.32 Å². The Morgan fingerprint density at radius 3 is 2.56 bits per heavy atom. The van der Waals surface area contributed by atoms with E-state index in [1.54, 1.807) is 12.1 Å². The Morgan fingerprint density at radius 2 is 2.06 bits per heavy atom. The standard InChI is InChI=1S/C12H15ClN2O/c1-12(9-14,15-6-7-16)8-10-2-4-11(13)5-3-10/h2-5,15-16H,6-8H2,1H3. The Kier molecular flexibility index (Phi) is 4.75. The van der Waals surface area contributed by atoms with Crippen LogP contribution in [0.2, 0.25) is 5.02 Å². The Bertz CT molecular complexity index is 372. The first-order valence-electron chi connectivity index (χ1n) is 5.11. The van der Waals surface area contributed by atoms with Crippen molar-refractivity contribution < 1.29 is 5.11 Å². The predicted octanol–water partition coefficient (Wildman–Crippen LogP) is 1.75. The van der Waals surface area contributed by atoms with Gasteiger partial charge in [0.25, 0.3) is 0 Å². The molecule has 1 aromatic rings. The molecule has 0 saturated heterocycles. The van der Waals surface area contributed by atoms with Gasteiger partial charge in [-0.2, -0.15) is 5.26 Å². The summed E-state index contributed by atoms with van der Waals surface area (Å²) in [6.07, 6.45) is 0.584. The summed E-state index contributed by atoms with van der Waals surface area (Å²) in [7, 11) is 0. The van der Waals surface area contributed by atoms with Crippen LogP contribution in [0.15, 0.2) is 24.3 Å². The zero-order valence-electron chi connectivity index (χ0n) is 9.20. The molecule has 86 valence electrons. The molecule has 0 saturated carbocycles. The lowest BCUT2D eigenvalue weighted by Gasteiger charge is -2.22. The van der Waals surface area contributed by atoms with E-state index in [9.17, 15) is 0 Å². The number of nitrogens with one attached hydrogen (secondary N) is 1. The van der Waals surface area contributed by atoms with E-state index in [-0.39, 0.29) is 6.61 Å². The van der Waals surface area contributed by atoms with Gasteiger partial charge in [-0.1, -0.05) is 23.7 Å². The van der Waals surface area contributed by atoms with Gasteiger partial charge in [0.05, 0.1) is 12.7 Å². The largest absolute Gasteiger partial charge is 0.395 e. The third-order valence-electron chi connectivity index (χ3n) is 2.34. The molecular formula is C12H15ClN2O. The number of aliphatic hydroxyl groups excluding tert-OH is 1. The molecule has 0 aliphatic carbocycles. The maximum atomic E-state index is 9.11. The summed E-state index contributed by atoms with van der Waals surface area (Å²) in [4.78, 5) is 0. The van der Waals surface area contributed by atoms with E-state index in [1.165, 1.54) is 0 Å².